The Hall–Kier alpha value is -5.44. The molecule has 0 aliphatic carbocycles. The fourth-order valence-electron chi connectivity index (χ4n) is 5.04. The number of nitrogens with one attached hydrogen (secondary N) is 2. The third-order valence-electron chi connectivity index (χ3n) is 7.35. The fraction of sp³-hybridized carbons (Fsp3) is 0.0811. The van der Waals surface area contributed by atoms with Gasteiger partial charge in [0.1, 0.15) is 0 Å². The summed E-state index contributed by atoms with van der Waals surface area (Å²) in [6.45, 7) is -0.00394. The molecular weight excluding hydrogens is 580 g/mol. The molecule has 3 amide bonds. The topological polar surface area (TPSA) is 105 Å². The number of rotatable bonds is 9. The van der Waals surface area contributed by atoms with Crippen molar-refractivity contribution in [3.8, 4) is 0 Å². The predicted octanol–water partition coefficient (Wildman–Crippen LogP) is 5.49. The van der Waals surface area contributed by atoms with E-state index in [9.17, 15) is 14.4 Å². The Kier molecular flexibility index (Phi) is 9.89. The van der Waals surface area contributed by atoms with Gasteiger partial charge in [-0.25, -0.2) is 0 Å². The molecular formula is C37H32N4O3S. The molecule has 5 rings (SSSR count). The second kappa shape index (κ2) is 14.4. The van der Waals surface area contributed by atoms with Gasteiger partial charge in [0, 0.05) is 11.1 Å². The maximum atomic E-state index is 14.7. The summed E-state index contributed by atoms with van der Waals surface area (Å²) >= 11 is 5.67. The highest BCUT2D eigenvalue weighted by atomic mass is 32.1. The summed E-state index contributed by atoms with van der Waals surface area (Å²) in [6, 6.07) is 44.9. The molecule has 0 spiro atoms. The van der Waals surface area contributed by atoms with E-state index in [2.05, 4.69) is 10.6 Å². The molecule has 0 aromatic heterocycles. The first-order chi connectivity index (χ1) is 21.9. The summed E-state index contributed by atoms with van der Waals surface area (Å²) in [5.74, 6) is -2.44. The lowest BCUT2D eigenvalue weighted by molar-refractivity contribution is -0.139. The maximum absolute atomic E-state index is 14.7. The van der Waals surface area contributed by atoms with Crippen molar-refractivity contribution in [3.63, 3.8) is 0 Å². The van der Waals surface area contributed by atoms with Gasteiger partial charge < -0.3 is 5.32 Å². The molecule has 5 aromatic rings. The number of carbonyl (C=O) groups excluding carboxylic acids is 3. The van der Waals surface area contributed by atoms with E-state index >= 15 is 0 Å². The summed E-state index contributed by atoms with van der Waals surface area (Å²) in [7, 11) is 0. The molecule has 7 nitrogen and oxygen atoms in total. The molecule has 5 aromatic carbocycles. The third-order valence-corrected chi connectivity index (χ3v) is 7.67. The largest absolute Gasteiger partial charge is 0.326 e. The number of hydrogen-bond acceptors (Lipinski definition) is 5. The predicted molar refractivity (Wildman–Crippen MR) is 179 cm³/mol. The van der Waals surface area contributed by atoms with E-state index in [0.29, 0.717) is 11.1 Å². The number of benzene rings is 5. The fourth-order valence-corrected chi connectivity index (χ4v) is 5.28. The van der Waals surface area contributed by atoms with Gasteiger partial charge >= 0.3 is 0 Å². The molecule has 0 saturated heterocycles. The Morgan fingerprint density at radius 3 is 1.62 bits per heavy atom. The van der Waals surface area contributed by atoms with Crippen LogP contribution in [0.15, 0.2) is 152 Å². The zero-order valence-corrected chi connectivity index (χ0v) is 25.2. The van der Waals surface area contributed by atoms with Crippen LogP contribution in [0.1, 0.15) is 38.5 Å². The smallest absolute Gasteiger partial charge is 0.274 e. The van der Waals surface area contributed by atoms with E-state index in [-0.39, 0.29) is 11.7 Å². The van der Waals surface area contributed by atoms with Crippen LogP contribution in [0.4, 0.5) is 0 Å². The Morgan fingerprint density at radius 2 is 1.11 bits per heavy atom. The van der Waals surface area contributed by atoms with Crippen LogP contribution in [-0.2, 0) is 21.8 Å². The van der Waals surface area contributed by atoms with Crippen LogP contribution in [0.5, 0.6) is 0 Å². The van der Waals surface area contributed by atoms with Crippen molar-refractivity contribution >= 4 is 35.1 Å². The lowest BCUT2D eigenvalue weighted by atomic mass is 9.89. The quantitative estimate of drug-likeness (QED) is 0.151. The lowest BCUT2D eigenvalue weighted by Gasteiger charge is -2.36. The summed E-state index contributed by atoms with van der Waals surface area (Å²) in [4.78, 5) is 43.3. The third kappa shape index (κ3) is 7.38. The number of nitrogens with two attached hydrogens (primary N) is 1. The molecule has 0 radical (unpaired) electrons. The van der Waals surface area contributed by atoms with Crippen molar-refractivity contribution in [2.45, 2.75) is 18.1 Å². The highest BCUT2D eigenvalue weighted by Gasteiger charge is 2.44. The number of amides is 3. The standard InChI is InChI=1S/C37H32N4O3S/c38-37(31-24-14-5-15-25-31,40-34(43)32(28-18-8-2-9-19-28)29-20-10-3-11-21-29)35(44)41(26-27-16-6-1-7-17-27)36(45)39-33(42)30-22-12-4-13-23-30/h1-25,32H,26,38H2,(H,40,43)(H,39,42,45). The van der Waals surface area contributed by atoms with Crippen LogP contribution in [0.3, 0.4) is 0 Å². The van der Waals surface area contributed by atoms with Crippen molar-refractivity contribution in [1.29, 1.82) is 0 Å². The molecule has 0 aliphatic rings. The molecule has 0 heterocycles. The van der Waals surface area contributed by atoms with Gasteiger partial charge in [-0.2, -0.15) is 0 Å². The first kappa shape index (κ1) is 31.0. The van der Waals surface area contributed by atoms with Crippen LogP contribution in [-0.4, -0.2) is 27.7 Å². The van der Waals surface area contributed by atoms with Crippen LogP contribution in [0.2, 0.25) is 0 Å². The number of carbonyl (C=O) groups is 3. The maximum Gasteiger partial charge on any atom is 0.274 e. The molecule has 0 bridgehead atoms. The van der Waals surface area contributed by atoms with Crippen LogP contribution in [0.25, 0.3) is 0 Å². The Balaban J connectivity index is 1.54. The van der Waals surface area contributed by atoms with Crippen molar-refractivity contribution in [1.82, 2.24) is 15.5 Å². The van der Waals surface area contributed by atoms with E-state index in [1.807, 2.05) is 91.0 Å². The molecule has 0 saturated carbocycles. The molecule has 0 aliphatic heterocycles. The van der Waals surface area contributed by atoms with Crippen LogP contribution < -0.4 is 16.4 Å². The molecule has 1 atom stereocenters. The Bertz CT molecular complexity index is 1720. The summed E-state index contributed by atoms with van der Waals surface area (Å²) in [6.07, 6.45) is 0. The average molecular weight is 613 g/mol. The van der Waals surface area contributed by atoms with E-state index in [1.165, 1.54) is 4.90 Å². The SMILES string of the molecule is NC(NC(=O)C(c1ccccc1)c1ccccc1)(C(=O)N(Cc1ccccc1)C(=S)NC(=O)c1ccccc1)c1ccccc1. The summed E-state index contributed by atoms with van der Waals surface area (Å²) < 4.78 is 0. The first-order valence-corrected chi connectivity index (χ1v) is 14.8. The first-order valence-electron chi connectivity index (χ1n) is 14.4. The second-order valence-electron chi connectivity index (χ2n) is 10.4. The van der Waals surface area contributed by atoms with Gasteiger partial charge in [0.2, 0.25) is 5.91 Å². The van der Waals surface area contributed by atoms with E-state index in [0.717, 1.165) is 16.7 Å². The van der Waals surface area contributed by atoms with E-state index in [1.54, 1.807) is 60.7 Å². The minimum absolute atomic E-state index is 0.00394. The summed E-state index contributed by atoms with van der Waals surface area (Å²) in [5, 5.41) is 5.41. The van der Waals surface area contributed by atoms with Crippen molar-refractivity contribution in [2.75, 3.05) is 0 Å². The monoisotopic (exact) mass is 612 g/mol. The van der Waals surface area contributed by atoms with Crippen molar-refractivity contribution in [2.24, 2.45) is 5.73 Å². The van der Waals surface area contributed by atoms with E-state index < -0.39 is 29.3 Å². The number of thiocarbonyl (C=S) groups is 1. The minimum atomic E-state index is -2.06. The van der Waals surface area contributed by atoms with E-state index in [4.69, 9.17) is 18.0 Å². The molecule has 8 heteroatoms. The number of nitrogens with zero attached hydrogens (tertiary/aromatic N) is 1. The van der Waals surface area contributed by atoms with Gasteiger partial charge in [-0.3, -0.25) is 30.3 Å². The van der Waals surface area contributed by atoms with Gasteiger partial charge in [0.05, 0.1) is 12.5 Å². The molecule has 1 unspecified atom stereocenters. The zero-order chi connectivity index (χ0) is 31.6. The van der Waals surface area contributed by atoms with Crippen LogP contribution >= 0.6 is 12.2 Å². The van der Waals surface area contributed by atoms with Crippen LogP contribution in [0, 0.1) is 0 Å². The highest BCUT2D eigenvalue weighted by molar-refractivity contribution is 7.80. The van der Waals surface area contributed by atoms with Gasteiger partial charge in [0.15, 0.2) is 10.8 Å². The Morgan fingerprint density at radius 1 is 0.667 bits per heavy atom. The van der Waals surface area contributed by atoms with Crippen molar-refractivity contribution in [3.05, 3.63) is 179 Å². The van der Waals surface area contributed by atoms with Gasteiger partial charge in [-0.15, -0.1) is 0 Å². The Labute approximate surface area is 267 Å². The normalized spacial score (nSPS) is 12.0. The minimum Gasteiger partial charge on any atom is -0.326 e. The molecule has 45 heavy (non-hydrogen) atoms. The summed E-state index contributed by atoms with van der Waals surface area (Å²) in [5.41, 5.74) is 7.86. The molecule has 0 fully saturated rings. The zero-order valence-electron chi connectivity index (χ0n) is 24.4. The van der Waals surface area contributed by atoms with Gasteiger partial charge in [-0.05, 0) is 41.0 Å². The second-order valence-corrected chi connectivity index (χ2v) is 10.8. The number of hydrogen-bond donors (Lipinski definition) is 3. The molecule has 4 N–H and O–H groups in total. The van der Waals surface area contributed by atoms with Gasteiger partial charge in [-0.1, -0.05) is 140 Å². The lowest BCUT2D eigenvalue weighted by Crippen LogP contribution is -2.65. The highest BCUT2D eigenvalue weighted by Crippen LogP contribution is 2.28. The van der Waals surface area contributed by atoms with Gasteiger partial charge in [0.25, 0.3) is 11.8 Å². The van der Waals surface area contributed by atoms with Crippen molar-refractivity contribution < 1.29 is 14.4 Å². The average Bonchev–Trinajstić information content (AvgIpc) is 3.09. The molecule has 224 valence electrons.